The molecule has 0 spiro atoms. The number of thioether (sulfide) groups is 1. The van der Waals surface area contributed by atoms with Gasteiger partial charge in [-0.2, -0.15) is 11.8 Å². The average Bonchev–Trinajstić information content (AvgIpc) is 3.07. The third kappa shape index (κ3) is 4.36. The fourth-order valence-corrected chi connectivity index (χ4v) is 4.60. The first kappa shape index (κ1) is 16.6. The molecule has 1 heterocycles. The van der Waals surface area contributed by atoms with Gasteiger partial charge in [-0.3, -0.25) is 0 Å². The van der Waals surface area contributed by atoms with Crippen LogP contribution < -0.4 is 5.32 Å². The van der Waals surface area contributed by atoms with Crippen molar-refractivity contribution in [2.75, 3.05) is 12.8 Å². The molecule has 0 saturated heterocycles. The van der Waals surface area contributed by atoms with Crippen molar-refractivity contribution in [1.82, 2.24) is 15.2 Å². The maximum atomic E-state index is 12.4. The number of hydrogen-bond donors (Lipinski definition) is 1. The summed E-state index contributed by atoms with van der Waals surface area (Å²) in [6, 6.07) is 0.353. The minimum absolute atomic E-state index is 0.0142. The summed E-state index contributed by atoms with van der Waals surface area (Å²) in [6.45, 7) is 6.18. The lowest BCUT2D eigenvalue weighted by Crippen LogP contribution is -2.43. The van der Waals surface area contributed by atoms with Crippen molar-refractivity contribution in [1.29, 1.82) is 0 Å². The van der Waals surface area contributed by atoms with Gasteiger partial charge >= 0.3 is 6.03 Å². The molecular weight excluding hydrogens is 302 g/mol. The van der Waals surface area contributed by atoms with E-state index in [0.717, 1.165) is 29.3 Å². The minimum atomic E-state index is -0.0351. The van der Waals surface area contributed by atoms with Gasteiger partial charge in [-0.05, 0) is 38.9 Å². The SMILES string of the molecule is CCS[C@@H]1CC[C@H](N(C)C(=O)N[C@H](C)c2csc(C)n2)C1. The Kier molecular flexibility index (Phi) is 5.93. The van der Waals surface area contributed by atoms with Crippen LogP contribution in [-0.2, 0) is 0 Å². The van der Waals surface area contributed by atoms with E-state index in [2.05, 4.69) is 17.2 Å². The van der Waals surface area contributed by atoms with Gasteiger partial charge in [0, 0.05) is 23.7 Å². The zero-order valence-corrected chi connectivity index (χ0v) is 14.9. The van der Waals surface area contributed by atoms with Gasteiger partial charge in [0.1, 0.15) is 0 Å². The normalized spacial score (nSPS) is 23.0. The number of hydrogen-bond acceptors (Lipinski definition) is 4. The number of nitrogens with zero attached hydrogens (tertiary/aromatic N) is 2. The lowest BCUT2D eigenvalue weighted by atomic mass is 10.2. The van der Waals surface area contributed by atoms with Crippen molar-refractivity contribution in [3.05, 3.63) is 16.1 Å². The molecule has 1 aromatic heterocycles. The number of carbonyl (C=O) groups is 1. The predicted octanol–water partition coefficient (Wildman–Crippen LogP) is 3.83. The standard InChI is InChI=1S/C15H25N3OS2/c1-5-20-13-7-6-12(8-13)18(4)15(19)16-10(2)14-9-21-11(3)17-14/h9-10,12-13H,5-8H2,1-4H3,(H,16,19)/t10-,12+,13-/m1/s1. The molecule has 0 radical (unpaired) electrons. The second-order valence-corrected chi connectivity index (χ2v) is 8.26. The van der Waals surface area contributed by atoms with Crippen LogP contribution in [0.3, 0.4) is 0 Å². The van der Waals surface area contributed by atoms with Crippen molar-refractivity contribution >= 4 is 29.1 Å². The summed E-state index contributed by atoms with van der Waals surface area (Å²) in [4.78, 5) is 18.7. The molecular formula is C15H25N3OS2. The molecule has 1 aromatic rings. The largest absolute Gasteiger partial charge is 0.330 e. The van der Waals surface area contributed by atoms with E-state index in [4.69, 9.17) is 0 Å². The quantitative estimate of drug-likeness (QED) is 0.894. The van der Waals surface area contributed by atoms with E-state index in [1.807, 2.05) is 42.9 Å². The Hall–Kier alpha value is -0.750. The van der Waals surface area contributed by atoms with Crippen LogP contribution in [0.4, 0.5) is 4.79 Å². The lowest BCUT2D eigenvalue weighted by Gasteiger charge is -2.26. The molecule has 6 heteroatoms. The van der Waals surface area contributed by atoms with Crippen molar-refractivity contribution in [2.45, 2.75) is 57.4 Å². The maximum Gasteiger partial charge on any atom is 0.317 e. The molecule has 0 unspecified atom stereocenters. The molecule has 2 rings (SSSR count). The number of urea groups is 1. The summed E-state index contributed by atoms with van der Waals surface area (Å²) >= 11 is 3.64. The van der Waals surface area contributed by atoms with Crippen molar-refractivity contribution in [2.24, 2.45) is 0 Å². The topological polar surface area (TPSA) is 45.2 Å². The Morgan fingerprint density at radius 3 is 3.00 bits per heavy atom. The van der Waals surface area contributed by atoms with Crippen LogP contribution >= 0.6 is 23.1 Å². The van der Waals surface area contributed by atoms with E-state index < -0.39 is 0 Å². The van der Waals surface area contributed by atoms with Gasteiger partial charge in [-0.1, -0.05) is 6.92 Å². The second kappa shape index (κ2) is 7.49. The van der Waals surface area contributed by atoms with Gasteiger partial charge in [0.05, 0.1) is 16.7 Å². The molecule has 1 fully saturated rings. The van der Waals surface area contributed by atoms with Crippen LogP contribution in [0.5, 0.6) is 0 Å². The molecule has 118 valence electrons. The summed E-state index contributed by atoms with van der Waals surface area (Å²) in [6.07, 6.45) is 3.46. The number of nitrogens with one attached hydrogen (secondary N) is 1. The summed E-state index contributed by atoms with van der Waals surface area (Å²) in [5, 5.41) is 6.83. The number of thiazole rings is 1. The van der Waals surface area contributed by atoms with Crippen LogP contribution in [-0.4, -0.2) is 40.0 Å². The zero-order valence-electron chi connectivity index (χ0n) is 13.3. The second-order valence-electron chi connectivity index (χ2n) is 5.62. The first-order valence-corrected chi connectivity index (χ1v) is 9.51. The number of rotatable bonds is 5. The van der Waals surface area contributed by atoms with Crippen LogP contribution in [0.15, 0.2) is 5.38 Å². The third-order valence-corrected chi connectivity index (χ3v) is 6.07. The van der Waals surface area contributed by atoms with Gasteiger partial charge in [-0.15, -0.1) is 11.3 Å². The van der Waals surface area contributed by atoms with E-state index in [9.17, 15) is 4.79 Å². The van der Waals surface area contributed by atoms with Crippen molar-refractivity contribution in [3.63, 3.8) is 0 Å². The minimum Gasteiger partial charge on any atom is -0.330 e. The highest BCUT2D eigenvalue weighted by molar-refractivity contribution is 7.99. The fraction of sp³-hybridized carbons (Fsp3) is 0.733. The zero-order chi connectivity index (χ0) is 15.4. The maximum absolute atomic E-state index is 12.4. The number of aromatic nitrogens is 1. The van der Waals surface area contributed by atoms with Crippen LogP contribution in [0, 0.1) is 6.92 Å². The summed E-state index contributed by atoms with van der Waals surface area (Å²) in [5.74, 6) is 1.16. The van der Waals surface area contributed by atoms with Crippen molar-refractivity contribution in [3.8, 4) is 0 Å². The molecule has 4 nitrogen and oxygen atoms in total. The van der Waals surface area contributed by atoms with Gasteiger partial charge in [0.25, 0.3) is 0 Å². The van der Waals surface area contributed by atoms with Crippen LogP contribution in [0.2, 0.25) is 0 Å². The number of aryl methyl sites for hydroxylation is 1. The van der Waals surface area contributed by atoms with E-state index in [0.29, 0.717) is 11.3 Å². The Bertz CT molecular complexity index is 477. The summed E-state index contributed by atoms with van der Waals surface area (Å²) in [7, 11) is 1.91. The van der Waals surface area contributed by atoms with Crippen LogP contribution in [0.1, 0.15) is 49.9 Å². The Balaban J connectivity index is 1.85. The molecule has 2 amide bonds. The highest BCUT2D eigenvalue weighted by Gasteiger charge is 2.30. The van der Waals surface area contributed by atoms with Crippen molar-refractivity contribution < 1.29 is 4.79 Å². The lowest BCUT2D eigenvalue weighted by molar-refractivity contribution is 0.187. The first-order valence-electron chi connectivity index (χ1n) is 7.58. The average molecular weight is 328 g/mol. The molecule has 1 aliphatic carbocycles. The smallest absolute Gasteiger partial charge is 0.317 e. The third-order valence-electron chi connectivity index (χ3n) is 4.05. The van der Waals surface area contributed by atoms with E-state index in [1.54, 1.807) is 11.3 Å². The van der Waals surface area contributed by atoms with Gasteiger partial charge < -0.3 is 10.2 Å². The predicted molar refractivity (Wildman–Crippen MR) is 91.1 cm³/mol. The highest BCUT2D eigenvalue weighted by Crippen LogP contribution is 2.32. The Morgan fingerprint density at radius 2 is 2.38 bits per heavy atom. The van der Waals surface area contributed by atoms with E-state index in [-0.39, 0.29) is 12.1 Å². The van der Waals surface area contributed by atoms with Gasteiger partial charge in [0.2, 0.25) is 0 Å². The Labute approximate surface area is 135 Å². The Morgan fingerprint density at radius 1 is 1.62 bits per heavy atom. The van der Waals surface area contributed by atoms with Gasteiger partial charge in [0.15, 0.2) is 0 Å². The molecule has 0 aromatic carbocycles. The van der Waals surface area contributed by atoms with Crippen LogP contribution in [0.25, 0.3) is 0 Å². The molecule has 1 N–H and O–H groups in total. The molecule has 1 aliphatic rings. The van der Waals surface area contributed by atoms with E-state index in [1.165, 1.54) is 6.42 Å². The van der Waals surface area contributed by atoms with Gasteiger partial charge in [-0.25, -0.2) is 9.78 Å². The highest BCUT2D eigenvalue weighted by atomic mass is 32.2. The fourth-order valence-electron chi connectivity index (χ4n) is 2.76. The first-order chi connectivity index (χ1) is 10.0. The summed E-state index contributed by atoms with van der Waals surface area (Å²) < 4.78 is 0. The number of amides is 2. The molecule has 0 bridgehead atoms. The molecule has 3 atom stereocenters. The summed E-state index contributed by atoms with van der Waals surface area (Å²) in [5.41, 5.74) is 0.949. The monoisotopic (exact) mass is 327 g/mol. The molecule has 1 saturated carbocycles. The molecule has 0 aliphatic heterocycles. The van der Waals surface area contributed by atoms with E-state index >= 15 is 0 Å². The molecule has 21 heavy (non-hydrogen) atoms. The number of carbonyl (C=O) groups excluding carboxylic acids is 1.